The molecule has 0 atom stereocenters. The second-order valence-corrected chi connectivity index (χ2v) is 10.2. The van der Waals surface area contributed by atoms with E-state index in [1.807, 2.05) is 26.0 Å². The Balaban J connectivity index is 1.32. The van der Waals surface area contributed by atoms with Crippen molar-refractivity contribution >= 4 is 11.0 Å². The van der Waals surface area contributed by atoms with Gasteiger partial charge >= 0.3 is 6.18 Å². The number of fused-ring (bicyclic) bond motifs is 1. The van der Waals surface area contributed by atoms with Crippen LogP contribution in [0.3, 0.4) is 0 Å². The molecular weight excluding hydrogens is 521 g/mol. The van der Waals surface area contributed by atoms with Crippen LogP contribution in [0.5, 0.6) is 5.88 Å². The molecule has 1 fully saturated rings. The van der Waals surface area contributed by atoms with Gasteiger partial charge in [0, 0.05) is 29.9 Å². The van der Waals surface area contributed by atoms with Crippen LogP contribution >= 0.6 is 0 Å². The topological polar surface area (TPSA) is 96.4 Å². The summed E-state index contributed by atoms with van der Waals surface area (Å²) in [4.78, 5) is 22.1. The van der Waals surface area contributed by atoms with Crippen LogP contribution in [0, 0.1) is 0 Å². The van der Waals surface area contributed by atoms with E-state index in [4.69, 9.17) is 9.72 Å². The minimum Gasteiger partial charge on any atom is -0.480 e. The van der Waals surface area contributed by atoms with E-state index in [1.165, 1.54) is 10.9 Å². The number of halogens is 3. The predicted molar refractivity (Wildman–Crippen MR) is 142 cm³/mol. The highest BCUT2D eigenvalue weighted by Crippen LogP contribution is 2.42. The van der Waals surface area contributed by atoms with Gasteiger partial charge in [-0.1, -0.05) is 30.7 Å². The monoisotopic (exact) mass is 548 g/mol. The van der Waals surface area contributed by atoms with E-state index in [0.717, 1.165) is 42.1 Å². The molecule has 0 bridgehead atoms. The molecule has 1 saturated carbocycles. The van der Waals surface area contributed by atoms with E-state index in [1.54, 1.807) is 36.3 Å². The minimum absolute atomic E-state index is 0.180. The molecule has 0 saturated heterocycles. The third-order valence-electron chi connectivity index (χ3n) is 7.25. The number of hydrogen-bond acceptors (Lipinski definition) is 7. The smallest absolute Gasteiger partial charge is 0.434 e. The van der Waals surface area contributed by atoms with Crippen molar-refractivity contribution in [2.24, 2.45) is 0 Å². The van der Waals surface area contributed by atoms with Crippen LogP contribution in [0.1, 0.15) is 62.0 Å². The van der Waals surface area contributed by atoms with Gasteiger partial charge in [0.25, 0.3) is 0 Å². The van der Waals surface area contributed by atoms with Crippen LogP contribution < -0.4 is 4.74 Å². The molecule has 4 aromatic heterocycles. The van der Waals surface area contributed by atoms with E-state index < -0.39 is 11.9 Å². The maximum absolute atomic E-state index is 13.3. The summed E-state index contributed by atoms with van der Waals surface area (Å²) in [6.07, 6.45) is 4.76. The summed E-state index contributed by atoms with van der Waals surface area (Å²) >= 11 is 0. The summed E-state index contributed by atoms with van der Waals surface area (Å²) in [7, 11) is 1.57. The van der Waals surface area contributed by atoms with Gasteiger partial charge in [-0.05, 0) is 32.3 Å². The highest BCUT2D eigenvalue weighted by molar-refractivity contribution is 5.77. The summed E-state index contributed by atoms with van der Waals surface area (Å²) in [5.74, 6) is 1.52. The number of benzene rings is 1. The normalized spacial score (nSPS) is 14.2. The van der Waals surface area contributed by atoms with Gasteiger partial charge in [-0.15, -0.1) is 0 Å². The van der Waals surface area contributed by atoms with Gasteiger partial charge < -0.3 is 9.30 Å². The molecule has 206 valence electrons. The Kier molecular flexibility index (Phi) is 6.47. The van der Waals surface area contributed by atoms with E-state index in [9.17, 15) is 13.2 Å². The number of methoxy groups -OCH3 is 1. The van der Waals surface area contributed by atoms with E-state index >= 15 is 0 Å². The van der Waals surface area contributed by atoms with Crippen LogP contribution in [-0.2, 0) is 12.7 Å². The van der Waals surface area contributed by atoms with Crippen LogP contribution in [0.15, 0.2) is 49.2 Å². The number of alkyl halides is 3. The summed E-state index contributed by atoms with van der Waals surface area (Å²) in [5.41, 5.74) is 2.84. The molecule has 0 amide bonds. The fourth-order valence-corrected chi connectivity index (χ4v) is 4.91. The van der Waals surface area contributed by atoms with E-state index in [0.29, 0.717) is 40.9 Å². The van der Waals surface area contributed by atoms with E-state index in [-0.39, 0.29) is 11.9 Å². The maximum Gasteiger partial charge on any atom is 0.434 e. The zero-order valence-corrected chi connectivity index (χ0v) is 22.2. The Hall–Kier alpha value is -4.35. The first kappa shape index (κ1) is 25.9. The van der Waals surface area contributed by atoms with Crippen molar-refractivity contribution in [2.45, 2.75) is 57.8 Å². The number of nitrogens with zero attached hydrogens (tertiary/aromatic N) is 8. The number of imidazole rings is 1. The fraction of sp³-hybridized carbons (Fsp3) is 0.357. The van der Waals surface area contributed by atoms with Crippen LogP contribution in [-0.4, -0.2) is 46.4 Å². The molecule has 4 heterocycles. The van der Waals surface area contributed by atoms with E-state index in [2.05, 4.69) is 25.0 Å². The molecule has 0 radical (unpaired) electrons. The van der Waals surface area contributed by atoms with Gasteiger partial charge in [0.1, 0.15) is 17.7 Å². The molecule has 1 aliphatic rings. The maximum atomic E-state index is 13.3. The summed E-state index contributed by atoms with van der Waals surface area (Å²) in [5, 5.41) is 5.29. The first-order valence-corrected chi connectivity index (χ1v) is 13.1. The van der Waals surface area contributed by atoms with Gasteiger partial charge in [-0.2, -0.15) is 18.3 Å². The lowest BCUT2D eigenvalue weighted by molar-refractivity contribution is -0.140. The van der Waals surface area contributed by atoms with Crippen LogP contribution in [0.25, 0.3) is 33.8 Å². The number of hydrogen-bond donors (Lipinski definition) is 0. The van der Waals surface area contributed by atoms with Gasteiger partial charge in [-0.25, -0.2) is 29.6 Å². The van der Waals surface area contributed by atoms with Gasteiger partial charge in [0.05, 0.1) is 30.9 Å². The summed E-state index contributed by atoms with van der Waals surface area (Å²) < 4.78 is 48.8. The number of rotatable bonds is 7. The average Bonchev–Trinajstić information content (AvgIpc) is 3.53. The van der Waals surface area contributed by atoms with Gasteiger partial charge in [-0.3, -0.25) is 0 Å². The number of ether oxygens (including phenoxy) is 1. The minimum atomic E-state index is -4.51. The Labute approximate surface area is 228 Å². The molecular formula is C28H27F3N8O. The molecule has 1 aliphatic carbocycles. The summed E-state index contributed by atoms with van der Waals surface area (Å²) in [6.45, 7) is 4.06. The zero-order chi connectivity index (χ0) is 28.0. The molecule has 5 aromatic rings. The van der Waals surface area contributed by atoms with Gasteiger partial charge in [0.15, 0.2) is 17.2 Å². The van der Waals surface area contributed by atoms with Crippen molar-refractivity contribution in [3.63, 3.8) is 0 Å². The summed E-state index contributed by atoms with van der Waals surface area (Å²) in [6, 6.07) is 7.10. The largest absolute Gasteiger partial charge is 0.480 e. The van der Waals surface area contributed by atoms with Crippen molar-refractivity contribution in [3.05, 3.63) is 66.1 Å². The lowest BCUT2D eigenvalue weighted by atomic mass is 9.81. The third-order valence-corrected chi connectivity index (χ3v) is 7.25. The van der Waals surface area contributed by atoms with Crippen LogP contribution in [0.4, 0.5) is 13.2 Å². The molecule has 40 heavy (non-hydrogen) atoms. The first-order valence-electron chi connectivity index (χ1n) is 13.1. The van der Waals surface area contributed by atoms with Crippen LogP contribution in [0.2, 0.25) is 0 Å². The quantitative estimate of drug-likeness (QED) is 0.244. The molecule has 1 aromatic carbocycles. The van der Waals surface area contributed by atoms with Crippen molar-refractivity contribution in [3.8, 4) is 28.7 Å². The number of aromatic nitrogens is 8. The third kappa shape index (κ3) is 4.67. The second-order valence-electron chi connectivity index (χ2n) is 10.2. The Morgan fingerprint density at radius 2 is 1.80 bits per heavy atom. The lowest BCUT2D eigenvalue weighted by Crippen LogP contribution is -2.14. The van der Waals surface area contributed by atoms with Crippen molar-refractivity contribution < 1.29 is 17.9 Å². The molecule has 6 rings (SSSR count). The Morgan fingerprint density at radius 3 is 2.45 bits per heavy atom. The fourth-order valence-electron chi connectivity index (χ4n) is 4.91. The molecule has 0 aliphatic heterocycles. The lowest BCUT2D eigenvalue weighted by Gasteiger charge is -2.26. The SMILES string of the molecule is COc1ncnc(C2CCC2)c1-c1ncc2cnn(Cc3ccc(-c4nc(C(F)(F)F)cn4C(C)C)cc3)c2n1. The first-order chi connectivity index (χ1) is 19.2. The molecule has 12 heteroatoms. The van der Waals surface area contributed by atoms with Crippen molar-refractivity contribution in [1.29, 1.82) is 0 Å². The molecule has 9 nitrogen and oxygen atoms in total. The molecule has 0 unspecified atom stereocenters. The average molecular weight is 549 g/mol. The zero-order valence-electron chi connectivity index (χ0n) is 22.2. The standard InChI is InChI=1S/C28H27F3N8O/c1-16(2)38-14-21(28(29,30)31)36-25(38)19-9-7-17(8-10-19)13-39-26-20(12-35-39)11-32-24(37-26)22-23(18-5-4-6-18)33-15-34-27(22)40-3/h7-12,14-16,18H,4-6,13H2,1-3H3. The highest BCUT2D eigenvalue weighted by Gasteiger charge is 2.35. The van der Waals surface area contributed by atoms with Gasteiger partial charge in [0.2, 0.25) is 5.88 Å². The highest BCUT2D eigenvalue weighted by atomic mass is 19.4. The van der Waals surface area contributed by atoms with Crippen molar-refractivity contribution in [2.75, 3.05) is 7.11 Å². The molecule has 0 N–H and O–H groups in total. The predicted octanol–water partition coefficient (Wildman–Crippen LogP) is 6.07. The molecule has 0 spiro atoms. The van der Waals surface area contributed by atoms with Crippen molar-refractivity contribution in [1.82, 2.24) is 39.3 Å². The second kappa shape index (κ2) is 10.00. The Morgan fingerprint density at radius 1 is 1.02 bits per heavy atom. The Bertz CT molecular complexity index is 1670.